The van der Waals surface area contributed by atoms with Gasteiger partial charge in [0.1, 0.15) is 11.6 Å². The summed E-state index contributed by atoms with van der Waals surface area (Å²) < 4.78 is 27.0. The van der Waals surface area contributed by atoms with Crippen LogP contribution in [0.1, 0.15) is 29.5 Å². The number of amides is 1. The fraction of sp³-hybridized carbons (Fsp3) is 0.417. The van der Waals surface area contributed by atoms with Gasteiger partial charge in [-0.15, -0.1) is 0 Å². The topological polar surface area (TPSA) is 82.8 Å². The van der Waals surface area contributed by atoms with Gasteiger partial charge in [-0.05, 0) is 60.7 Å². The van der Waals surface area contributed by atoms with E-state index in [2.05, 4.69) is 32.7 Å². The molecule has 6 nitrogen and oxygen atoms in total. The van der Waals surface area contributed by atoms with Gasteiger partial charge >= 0.3 is 0 Å². The summed E-state index contributed by atoms with van der Waals surface area (Å²) in [7, 11) is 1.67. The van der Waals surface area contributed by atoms with Crippen molar-refractivity contribution >= 4 is 11.9 Å². The molecular weight excluding hydrogens is 412 g/mol. The van der Waals surface area contributed by atoms with Crippen molar-refractivity contribution in [3.63, 3.8) is 0 Å². The number of nitrogens with zero attached hydrogens (tertiary/aromatic N) is 2. The maximum atomic E-state index is 13.7. The van der Waals surface area contributed by atoms with Gasteiger partial charge in [0, 0.05) is 33.2 Å². The highest BCUT2D eigenvalue weighted by atomic mass is 19.1. The quantitative estimate of drug-likeness (QED) is 0.433. The summed E-state index contributed by atoms with van der Waals surface area (Å²) in [4.78, 5) is 18.0. The number of piperidine rings is 1. The summed E-state index contributed by atoms with van der Waals surface area (Å²) in [6.45, 7) is 3.46. The van der Waals surface area contributed by atoms with E-state index in [0.29, 0.717) is 37.6 Å². The summed E-state index contributed by atoms with van der Waals surface area (Å²) >= 11 is 0. The Morgan fingerprint density at radius 1 is 1.19 bits per heavy atom. The van der Waals surface area contributed by atoms with Crippen molar-refractivity contribution in [2.75, 3.05) is 26.7 Å². The number of benzene rings is 2. The van der Waals surface area contributed by atoms with Gasteiger partial charge in [-0.1, -0.05) is 24.3 Å². The van der Waals surface area contributed by atoms with E-state index in [9.17, 15) is 13.6 Å². The van der Waals surface area contributed by atoms with Crippen molar-refractivity contribution in [2.24, 2.45) is 16.6 Å². The van der Waals surface area contributed by atoms with Crippen LogP contribution in [0, 0.1) is 17.6 Å². The normalized spacial score (nSPS) is 17.2. The van der Waals surface area contributed by atoms with Gasteiger partial charge in [0.25, 0.3) is 0 Å². The van der Waals surface area contributed by atoms with Crippen molar-refractivity contribution in [2.45, 2.75) is 32.4 Å². The molecule has 0 bridgehead atoms. The van der Waals surface area contributed by atoms with Crippen LogP contribution in [-0.2, 0) is 24.3 Å². The van der Waals surface area contributed by atoms with E-state index in [4.69, 9.17) is 5.73 Å². The standard InChI is InChI=1S/C24H31F2N5O/c1-28-24(29-10-9-19-13-21(25)7-8-22(19)26)30-14-17-4-2-5-18(12-17)15-31-11-3-6-20(16-31)23(27)32/h2,4-5,7-8,12-13,20H,3,6,9-11,14-16H2,1H3,(H2,27,32)(H2,28,29,30). The van der Waals surface area contributed by atoms with E-state index in [1.54, 1.807) is 7.05 Å². The molecule has 1 atom stereocenters. The van der Waals surface area contributed by atoms with E-state index in [0.717, 1.165) is 43.6 Å². The summed E-state index contributed by atoms with van der Waals surface area (Å²) in [6, 6.07) is 11.7. The molecule has 0 aromatic heterocycles. The first-order chi connectivity index (χ1) is 15.4. The van der Waals surface area contributed by atoms with Crippen LogP contribution >= 0.6 is 0 Å². The van der Waals surface area contributed by atoms with Gasteiger partial charge in [0.2, 0.25) is 5.91 Å². The predicted molar refractivity (Wildman–Crippen MR) is 122 cm³/mol. The Bertz CT molecular complexity index is 950. The first-order valence-electron chi connectivity index (χ1n) is 10.9. The highest BCUT2D eigenvalue weighted by Crippen LogP contribution is 2.18. The lowest BCUT2D eigenvalue weighted by molar-refractivity contribution is -0.123. The minimum absolute atomic E-state index is 0.0659. The molecule has 1 amide bonds. The Balaban J connectivity index is 1.48. The molecule has 172 valence electrons. The van der Waals surface area contributed by atoms with Gasteiger partial charge in [-0.2, -0.15) is 0 Å². The van der Waals surface area contributed by atoms with E-state index in [1.807, 2.05) is 12.1 Å². The molecule has 0 radical (unpaired) electrons. The Kier molecular flexibility index (Phi) is 8.56. The van der Waals surface area contributed by atoms with Crippen LogP contribution in [0.25, 0.3) is 0 Å². The molecule has 0 saturated carbocycles. The molecule has 32 heavy (non-hydrogen) atoms. The maximum Gasteiger partial charge on any atom is 0.221 e. The van der Waals surface area contributed by atoms with Crippen LogP contribution < -0.4 is 16.4 Å². The Labute approximate surface area is 187 Å². The van der Waals surface area contributed by atoms with Crippen molar-refractivity contribution in [3.05, 3.63) is 70.8 Å². The fourth-order valence-electron chi connectivity index (χ4n) is 3.98. The molecule has 2 aromatic rings. The largest absolute Gasteiger partial charge is 0.369 e. The molecule has 2 aromatic carbocycles. The van der Waals surface area contributed by atoms with Crippen molar-refractivity contribution < 1.29 is 13.6 Å². The molecule has 1 aliphatic heterocycles. The average molecular weight is 444 g/mol. The first-order valence-corrected chi connectivity index (χ1v) is 10.9. The third-order valence-electron chi connectivity index (χ3n) is 5.68. The number of hydrogen-bond acceptors (Lipinski definition) is 3. The maximum absolute atomic E-state index is 13.7. The van der Waals surface area contributed by atoms with Gasteiger partial charge in [-0.3, -0.25) is 14.7 Å². The third-order valence-corrected chi connectivity index (χ3v) is 5.68. The SMILES string of the molecule is CN=C(NCCc1cc(F)ccc1F)NCc1cccc(CN2CCCC(C(N)=O)C2)c1. The molecule has 1 unspecified atom stereocenters. The van der Waals surface area contributed by atoms with E-state index >= 15 is 0 Å². The van der Waals surface area contributed by atoms with Crippen molar-refractivity contribution in [1.82, 2.24) is 15.5 Å². The average Bonchev–Trinajstić information content (AvgIpc) is 2.78. The highest BCUT2D eigenvalue weighted by molar-refractivity contribution is 5.79. The fourth-order valence-corrected chi connectivity index (χ4v) is 3.98. The van der Waals surface area contributed by atoms with Crippen LogP contribution in [0.2, 0.25) is 0 Å². The van der Waals surface area contributed by atoms with Crippen molar-refractivity contribution in [3.8, 4) is 0 Å². The zero-order valence-electron chi connectivity index (χ0n) is 18.4. The number of guanidine groups is 1. The number of halogens is 2. The number of hydrogen-bond donors (Lipinski definition) is 3. The Morgan fingerprint density at radius 2 is 2.00 bits per heavy atom. The van der Waals surface area contributed by atoms with Crippen molar-refractivity contribution in [1.29, 1.82) is 0 Å². The molecule has 1 heterocycles. The second-order valence-electron chi connectivity index (χ2n) is 8.13. The number of carbonyl (C=O) groups excluding carboxylic acids is 1. The predicted octanol–water partition coefficient (Wildman–Crippen LogP) is 2.57. The van der Waals surface area contributed by atoms with E-state index in [1.165, 1.54) is 11.6 Å². The molecule has 3 rings (SSSR count). The second kappa shape index (κ2) is 11.6. The van der Waals surface area contributed by atoms with Crippen LogP contribution in [0.15, 0.2) is 47.5 Å². The van der Waals surface area contributed by atoms with E-state index in [-0.39, 0.29) is 11.8 Å². The lowest BCUT2D eigenvalue weighted by Crippen LogP contribution is -2.40. The molecular formula is C24H31F2N5O. The van der Waals surface area contributed by atoms with Crippen LogP contribution in [0.4, 0.5) is 8.78 Å². The van der Waals surface area contributed by atoms with Gasteiger partial charge in [0.05, 0.1) is 5.92 Å². The number of aliphatic imine (C=N–C) groups is 1. The molecule has 1 saturated heterocycles. The number of nitrogens with one attached hydrogen (secondary N) is 2. The van der Waals surface area contributed by atoms with Crippen LogP contribution in [-0.4, -0.2) is 43.4 Å². The molecule has 4 N–H and O–H groups in total. The van der Waals surface area contributed by atoms with Crippen LogP contribution in [0.5, 0.6) is 0 Å². The number of rotatable bonds is 8. The summed E-state index contributed by atoms with van der Waals surface area (Å²) in [5.41, 5.74) is 8.10. The van der Waals surface area contributed by atoms with Gasteiger partial charge < -0.3 is 16.4 Å². The zero-order valence-corrected chi connectivity index (χ0v) is 18.4. The molecule has 0 aliphatic carbocycles. The lowest BCUT2D eigenvalue weighted by Gasteiger charge is -2.31. The number of carbonyl (C=O) groups is 1. The minimum atomic E-state index is -0.446. The summed E-state index contributed by atoms with van der Waals surface area (Å²) in [5, 5.41) is 6.38. The first kappa shape index (κ1) is 23.7. The Morgan fingerprint density at radius 3 is 2.78 bits per heavy atom. The zero-order chi connectivity index (χ0) is 22.9. The summed E-state index contributed by atoms with van der Waals surface area (Å²) in [5.74, 6) is -0.551. The number of primary amides is 1. The highest BCUT2D eigenvalue weighted by Gasteiger charge is 2.23. The third kappa shape index (κ3) is 7.02. The number of likely N-dealkylation sites (tertiary alicyclic amines) is 1. The number of nitrogens with two attached hydrogens (primary N) is 1. The minimum Gasteiger partial charge on any atom is -0.369 e. The van der Waals surface area contributed by atoms with Gasteiger partial charge in [0.15, 0.2) is 5.96 Å². The summed E-state index contributed by atoms with van der Waals surface area (Å²) in [6.07, 6.45) is 2.20. The van der Waals surface area contributed by atoms with Gasteiger partial charge in [-0.25, -0.2) is 8.78 Å². The Hall–Kier alpha value is -3.00. The molecule has 1 fully saturated rings. The molecule has 1 aliphatic rings. The monoisotopic (exact) mass is 443 g/mol. The molecule has 0 spiro atoms. The second-order valence-corrected chi connectivity index (χ2v) is 8.13. The molecule has 8 heteroatoms. The smallest absolute Gasteiger partial charge is 0.221 e. The lowest BCUT2D eigenvalue weighted by atomic mass is 9.97. The van der Waals surface area contributed by atoms with E-state index < -0.39 is 11.6 Å². The van der Waals surface area contributed by atoms with Crippen LogP contribution in [0.3, 0.4) is 0 Å².